The molecule has 0 radical (unpaired) electrons. The van der Waals surface area contributed by atoms with Gasteiger partial charge in [-0.1, -0.05) is 0 Å². The molecule has 0 aliphatic rings. The second-order valence-corrected chi connectivity index (χ2v) is 5.89. The highest BCUT2D eigenvalue weighted by molar-refractivity contribution is 7.85. The Hall–Kier alpha value is -0.210. The molecule has 0 amide bonds. The highest BCUT2D eigenvalue weighted by Gasteiger charge is 2.20. The van der Waals surface area contributed by atoms with Gasteiger partial charge in [-0.25, -0.2) is 0 Å². The number of hydrogen-bond acceptors (Lipinski definition) is 4. The molecule has 3 N–H and O–H groups in total. The number of hydrogen-bond donors (Lipinski definition) is 3. The summed E-state index contributed by atoms with van der Waals surface area (Å²) in [6.45, 7) is 0.554. The molecule has 0 heterocycles. The molecule has 0 aliphatic heterocycles. The molecule has 0 aromatic rings. The summed E-state index contributed by atoms with van der Waals surface area (Å²) in [6.07, 6.45) is -0.477. The van der Waals surface area contributed by atoms with Gasteiger partial charge in [-0.2, -0.15) is 8.42 Å². The number of aliphatic hydroxyl groups is 2. The van der Waals surface area contributed by atoms with Crippen molar-refractivity contribution in [2.45, 2.75) is 12.5 Å². The Morgan fingerprint density at radius 2 is 1.87 bits per heavy atom. The molecule has 0 saturated heterocycles. The average molecular weight is 242 g/mol. The van der Waals surface area contributed by atoms with Crippen molar-refractivity contribution < 1.29 is 27.7 Å². The van der Waals surface area contributed by atoms with Crippen molar-refractivity contribution in [3.63, 3.8) is 0 Å². The van der Waals surface area contributed by atoms with Crippen LogP contribution in [0.5, 0.6) is 0 Å². The van der Waals surface area contributed by atoms with Crippen LogP contribution in [-0.2, 0) is 10.1 Å². The van der Waals surface area contributed by atoms with E-state index < -0.39 is 16.2 Å². The Labute approximate surface area is 90.5 Å². The molecule has 0 saturated carbocycles. The molecule has 0 rings (SSSR count). The summed E-state index contributed by atoms with van der Waals surface area (Å²) in [7, 11) is -0.258. The van der Waals surface area contributed by atoms with Gasteiger partial charge in [0.2, 0.25) is 0 Å². The SMILES string of the molecule is C[N+](C)(CCCS(=O)(=O)O)CC(O)CO. The first kappa shape index (κ1) is 14.8. The van der Waals surface area contributed by atoms with Gasteiger partial charge in [0.25, 0.3) is 10.1 Å². The minimum Gasteiger partial charge on any atom is -0.393 e. The van der Waals surface area contributed by atoms with Gasteiger partial charge in [-0.3, -0.25) is 4.55 Å². The minimum absolute atomic E-state index is 0.274. The number of quaternary nitrogens is 1. The van der Waals surface area contributed by atoms with E-state index in [1.807, 2.05) is 14.1 Å². The highest BCUT2D eigenvalue weighted by Crippen LogP contribution is 2.03. The lowest BCUT2D eigenvalue weighted by Crippen LogP contribution is -2.47. The molecule has 15 heavy (non-hydrogen) atoms. The molecule has 0 bridgehead atoms. The third-order valence-electron chi connectivity index (χ3n) is 2.08. The monoisotopic (exact) mass is 242 g/mol. The fraction of sp³-hybridized carbons (Fsp3) is 1.00. The third kappa shape index (κ3) is 8.76. The molecule has 0 aromatic carbocycles. The first-order valence-electron chi connectivity index (χ1n) is 4.72. The molecular weight excluding hydrogens is 222 g/mol. The fourth-order valence-corrected chi connectivity index (χ4v) is 1.89. The molecule has 7 heteroatoms. The van der Waals surface area contributed by atoms with E-state index in [1.54, 1.807) is 0 Å². The van der Waals surface area contributed by atoms with Gasteiger partial charge in [0, 0.05) is 6.42 Å². The summed E-state index contributed by atoms with van der Waals surface area (Å²) in [5.74, 6) is -0.274. The van der Waals surface area contributed by atoms with Crippen molar-refractivity contribution in [2.24, 2.45) is 0 Å². The van der Waals surface area contributed by atoms with Crippen molar-refractivity contribution >= 4 is 10.1 Å². The molecule has 0 fully saturated rings. The van der Waals surface area contributed by atoms with E-state index in [0.29, 0.717) is 24.0 Å². The summed E-state index contributed by atoms with van der Waals surface area (Å²) in [5, 5.41) is 17.9. The molecule has 0 spiro atoms. The van der Waals surface area contributed by atoms with Crippen LogP contribution in [0, 0.1) is 0 Å². The van der Waals surface area contributed by atoms with Gasteiger partial charge in [-0.15, -0.1) is 0 Å². The fourth-order valence-electron chi connectivity index (χ4n) is 1.39. The largest absolute Gasteiger partial charge is 0.393 e. The predicted molar refractivity (Wildman–Crippen MR) is 56.0 cm³/mol. The van der Waals surface area contributed by atoms with E-state index >= 15 is 0 Å². The van der Waals surface area contributed by atoms with Gasteiger partial charge >= 0.3 is 0 Å². The van der Waals surface area contributed by atoms with Gasteiger partial charge in [0.1, 0.15) is 12.6 Å². The highest BCUT2D eigenvalue weighted by atomic mass is 32.2. The number of likely N-dealkylation sites (N-methyl/N-ethyl adjacent to an activating group) is 1. The Balaban J connectivity index is 3.94. The Bertz CT molecular complexity index is 275. The van der Waals surface area contributed by atoms with Crippen LogP contribution in [0.2, 0.25) is 0 Å². The second-order valence-electron chi connectivity index (χ2n) is 4.32. The molecule has 92 valence electrons. The summed E-state index contributed by atoms with van der Waals surface area (Å²) < 4.78 is 29.8. The number of aliphatic hydroxyl groups excluding tert-OH is 2. The summed E-state index contributed by atoms with van der Waals surface area (Å²) >= 11 is 0. The standard InChI is InChI=1S/C8H19NO5S/c1-9(2,6-8(11)7-10)4-3-5-15(12,13)14/h8,10-11H,3-7H2,1-2H3/p+1. The van der Waals surface area contributed by atoms with E-state index in [1.165, 1.54) is 0 Å². The zero-order chi connectivity index (χ0) is 12.1. The first-order valence-corrected chi connectivity index (χ1v) is 6.33. The van der Waals surface area contributed by atoms with E-state index in [-0.39, 0.29) is 12.4 Å². The quantitative estimate of drug-likeness (QED) is 0.381. The lowest BCUT2D eigenvalue weighted by atomic mass is 10.3. The Kier molecular flexibility index (Phi) is 5.68. The van der Waals surface area contributed by atoms with E-state index in [9.17, 15) is 13.5 Å². The van der Waals surface area contributed by atoms with Crippen molar-refractivity contribution in [1.82, 2.24) is 0 Å². The second kappa shape index (κ2) is 5.76. The predicted octanol–water partition coefficient (Wildman–Crippen LogP) is -1.31. The van der Waals surface area contributed by atoms with Crippen molar-refractivity contribution in [2.75, 3.05) is 39.5 Å². The molecule has 0 aromatic heterocycles. The Morgan fingerprint density at radius 3 is 2.27 bits per heavy atom. The molecule has 0 aliphatic carbocycles. The minimum atomic E-state index is -3.90. The van der Waals surface area contributed by atoms with Crippen LogP contribution in [0.25, 0.3) is 0 Å². The number of nitrogens with zero attached hydrogens (tertiary/aromatic N) is 1. The van der Waals surface area contributed by atoms with Crippen molar-refractivity contribution in [1.29, 1.82) is 0 Å². The molecule has 1 unspecified atom stereocenters. The third-order valence-corrected chi connectivity index (χ3v) is 2.89. The lowest BCUT2D eigenvalue weighted by Gasteiger charge is -2.31. The molecule has 6 nitrogen and oxygen atoms in total. The molecule has 1 atom stereocenters. The zero-order valence-electron chi connectivity index (χ0n) is 9.13. The van der Waals surface area contributed by atoms with Crippen molar-refractivity contribution in [3.8, 4) is 0 Å². The van der Waals surface area contributed by atoms with Crippen LogP contribution in [0.4, 0.5) is 0 Å². The van der Waals surface area contributed by atoms with Crippen LogP contribution < -0.4 is 0 Å². The van der Waals surface area contributed by atoms with Gasteiger partial charge in [-0.05, 0) is 0 Å². The van der Waals surface area contributed by atoms with Crippen LogP contribution >= 0.6 is 0 Å². The van der Waals surface area contributed by atoms with E-state index in [2.05, 4.69) is 0 Å². The van der Waals surface area contributed by atoms with Crippen LogP contribution in [0.15, 0.2) is 0 Å². The van der Waals surface area contributed by atoms with Crippen LogP contribution in [0.3, 0.4) is 0 Å². The number of rotatable bonds is 7. The zero-order valence-corrected chi connectivity index (χ0v) is 9.94. The first-order chi connectivity index (χ1) is 6.66. The summed E-state index contributed by atoms with van der Waals surface area (Å²) in [4.78, 5) is 0. The van der Waals surface area contributed by atoms with Gasteiger partial charge in [0.15, 0.2) is 0 Å². The smallest absolute Gasteiger partial charge is 0.265 e. The molecular formula is C8H20NO5S+. The normalized spacial score (nSPS) is 15.3. The van der Waals surface area contributed by atoms with E-state index in [4.69, 9.17) is 9.66 Å². The maximum atomic E-state index is 10.5. The maximum absolute atomic E-state index is 10.5. The summed E-state index contributed by atoms with van der Waals surface area (Å²) in [5.41, 5.74) is 0. The van der Waals surface area contributed by atoms with Crippen LogP contribution in [-0.4, -0.2) is 73.3 Å². The topological polar surface area (TPSA) is 94.8 Å². The van der Waals surface area contributed by atoms with Gasteiger partial charge < -0.3 is 14.7 Å². The van der Waals surface area contributed by atoms with Crippen molar-refractivity contribution in [3.05, 3.63) is 0 Å². The maximum Gasteiger partial charge on any atom is 0.265 e. The van der Waals surface area contributed by atoms with E-state index in [0.717, 1.165) is 0 Å². The Morgan fingerprint density at radius 1 is 1.33 bits per heavy atom. The van der Waals surface area contributed by atoms with Gasteiger partial charge in [0.05, 0.1) is 33.0 Å². The lowest BCUT2D eigenvalue weighted by molar-refractivity contribution is -0.893. The van der Waals surface area contributed by atoms with Crippen LogP contribution in [0.1, 0.15) is 6.42 Å². The summed E-state index contributed by atoms with van der Waals surface area (Å²) in [6, 6.07) is 0. The average Bonchev–Trinajstić information content (AvgIpc) is 2.00.